The molecule has 4 heteroatoms. The van der Waals surface area contributed by atoms with Gasteiger partial charge in [0.15, 0.2) is 0 Å². The van der Waals surface area contributed by atoms with Gasteiger partial charge in [0.05, 0.1) is 5.01 Å². The van der Waals surface area contributed by atoms with E-state index in [9.17, 15) is 0 Å². The van der Waals surface area contributed by atoms with Gasteiger partial charge in [0.2, 0.25) is 0 Å². The standard InChI is InChI=1S/C8H14N2OS/c1-6-5-12-8(10-6)7(4-9)2-3-11/h5,7,11H,2-4,9H2,1H3. The number of rotatable bonds is 4. The third-order valence-electron chi connectivity index (χ3n) is 1.75. The van der Waals surface area contributed by atoms with E-state index in [0.717, 1.165) is 10.7 Å². The molecule has 0 bridgehead atoms. The number of hydrogen-bond acceptors (Lipinski definition) is 4. The van der Waals surface area contributed by atoms with E-state index in [2.05, 4.69) is 4.98 Å². The fraction of sp³-hybridized carbons (Fsp3) is 0.625. The fourth-order valence-electron chi connectivity index (χ4n) is 1.06. The van der Waals surface area contributed by atoms with E-state index in [1.54, 1.807) is 11.3 Å². The Hall–Kier alpha value is -0.450. The predicted octanol–water partition coefficient (Wildman–Crippen LogP) is 0.876. The molecule has 0 aromatic carbocycles. The second kappa shape index (κ2) is 4.54. The van der Waals surface area contributed by atoms with E-state index in [-0.39, 0.29) is 12.5 Å². The first-order valence-electron chi connectivity index (χ1n) is 4.01. The Labute approximate surface area is 76.3 Å². The van der Waals surface area contributed by atoms with Crippen molar-refractivity contribution in [3.05, 3.63) is 16.1 Å². The molecule has 0 aliphatic heterocycles. The number of thiazole rings is 1. The Kier molecular flexibility index (Phi) is 3.65. The van der Waals surface area contributed by atoms with Crippen LogP contribution in [-0.4, -0.2) is 23.2 Å². The Morgan fingerprint density at radius 2 is 2.50 bits per heavy atom. The maximum atomic E-state index is 8.76. The summed E-state index contributed by atoms with van der Waals surface area (Å²) >= 11 is 1.62. The summed E-state index contributed by atoms with van der Waals surface area (Å²) in [6.07, 6.45) is 0.712. The molecular weight excluding hydrogens is 172 g/mol. The number of aromatic nitrogens is 1. The zero-order chi connectivity index (χ0) is 8.97. The minimum absolute atomic E-state index is 0.181. The van der Waals surface area contributed by atoms with Crippen LogP contribution in [0.4, 0.5) is 0 Å². The van der Waals surface area contributed by atoms with E-state index in [1.165, 1.54) is 0 Å². The first-order valence-corrected chi connectivity index (χ1v) is 4.89. The van der Waals surface area contributed by atoms with Crippen LogP contribution in [0.15, 0.2) is 5.38 Å². The summed E-state index contributed by atoms with van der Waals surface area (Å²) in [6.45, 7) is 2.71. The smallest absolute Gasteiger partial charge is 0.0972 e. The van der Waals surface area contributed by atoms with Crippen molar-refractivity contribution in [1.82, 2.24) is 4.98 Å². The molecule has 3 nitrogen and oxygen atoms in total. The lowest BCUT2D eigenvalue weighted by Gasteiger charge is -2.08. The topological polar surface area (TPSA) is 59.1 Å². The van der Waals surface area contributed by atoms with Crippen LogP contribution >= 0.6 is 11.3 Å². The monoisotopic (exact) mass is 186 g/mol. The third-order valence-corrected chi connectivity index (χ3v) is 2.87. The van der Waals surface area contributed by atoms with Crippen LogP contribution in [0.3, 0.4) is 0 Å². The SMILES string of the molecule is Cc1csc(C(CN)CCO)n1. The van der Waals surface area contributed by atoms with Crippen LogP contribution in [0.1, 0.15) is 23.0 Å². The molecule has 12 heavy (non-hydrogen) atoms. The number of hydrogen-bond donors (Lipinski definition) is 2. The molecule has 1 aromatic heterocycles. The van der Waals surface area contributed by atoms with Crippen molar-refractivity contribution in [2.75, 3.05) is 13.2 Å². The molecule has 0 aliphatic rings. The van der Waals surface area contributed by atoms with Gasteiger partial charge in [-0.1, -0.05) is 0 Å². The number of nitrogens with zero attached hydrogens (tertiary/aromatic N) is 1. The van der Waals surface area contributed by atoms with Gasteiger partial charge in [-0.15, -0.1) is 11.3 Å². The Bertz CT molecular complexity index is 237. The quantitative estimate of drug-likeness (QED) is 0.733. The van der Waals surface area contributed by atoms with Crippen LogP contribution in [0.2, 0.25) is 0 Å². The van der Waals surface area contributed by atoms with Gasteiger partial charge < -0.3 is 10.8 Å². The van der Waals surface area contributed by atoms with Crippen molar-refractivity contribution in [1.29, 1.82) is 0 Å². The second-order valence-electron chi connectivity index (χ2n) is 2.77. The molecule has 0 saturated heterocycles. The minimum Gasteiger partial charge on any atom is -0.396 e. The largest absolute Gasteiger partial charge is 0.396 e. The van der Waals surface area contributed by atoms with Crippen LogP contribution in [-0.2, 0) is 0 Å². The molecule has 3 N–H and O–H groups in total. The van der Waals surface area contributed by atoms with E-state index >= 15 is 0 Å². The van der Waals surface area contributed by atoms with Crippen LogP contribution < -0.4 is 5.73 Å². The van der Waals surface area contributed by atoms with Gasteiger partial charge in [-0.2, -0.15) is 0 Å². The molecule has 1 unspecified atom stereocenters. The summed E-state index contributed by atoms with van der Waals surface area (Å²) in [5, 5.41) is 11.8. The third kappa shape index (κ3) is 2.27. The van der Waals surface area contributed by atoms with Crippen molar-refractivity contribution >= 4 is 11.3 Å². The van der Waals surface area contributed by atoms with E-state index in [4.69, 9.17) is 10.8 Å². The zero-order valence-corrected chi connectivity index (χ0v) is 7.97. The van der Waals surface area contributed by atoms with Crippen molar-refractivity contribution in [2.24, 2.45) is 5.73 Å². The van der Waals surface area contributed by atoms with Crippen molar-refractivity contribution in [2.45, 2.75) is 19.3 Å². The average Bonchev–Trinajstić information content (AvgIpc) is 2.47. The molecule has 0 aliphatic carbocycles. The molecule has 1 atom stereocenters. The van der Waals surface area contributed by atoms with Gasteiger partial charge in [0.25, 0.3) is 0 Å². The molecule has 1 rings (SSSR count). The molecule has 0 saturated carbocycles. The molecule has 0 spiro atoms. The molecule has 0 amide bonds. The Morgan fingerprint density at radius 3 is 2.92 bits per heavy atom. The number of aryl methyl sites for hydroxylation is 1. The number of aliphatic hydroxyl groups is 1. The summed E-state index contributed by atoms with van der Waals surface area (Å²) in [5.74, 6) is 0.230. The Balaban J connectivity index is 2.66. The number of aliphatic hydroxyl groups excluding tert-OH is 1. The summed E-state index contributed by atoms with van der Waals surface area (Å²) in [4.78, 5) is 4.33. The summed E-state index contributed by atoms with van der Waals surface area (Å²) in [5.41, 5.74) is 6.59. The number of nitrogens with two attached hydrogens (primary N) is 1. The maximum Gasteiger partial charge on any atom is 0.0972 e. The second-order valence-corrected chi connectivity index (χ2v) is 3.66. The van der Waals surface area contributed by atoms with Crippen molar-refractivity contribution in [3.8, 4) is 0 Å². The lowest BCUT2D eigenvalue weighted by molar-refractivity contribution is 0.276. The lowest BCUT2D eigenvalue weighted by Crippen LogP contribution is -2.13. The van der Waals surface area contributed by atoms with Crippen LogP contribution in [0.5, 0.6) is 0 Å². The molecule has 0 radical (unpaired) electrons. The van der Waals surface area contributed by atoms with E-state index < -0.39 is 0 Å². The highest BCUT2D eigenvalue weighted by atomic mass is 32.1. The van der Waals surface area contributed by atoms with Gasteiger partial charge in [-0.25, -0.2) is 4.98 Å². The highest BCUT2D eigenvalue weighted by molar-refractivity contribution is 7.09. The minimum atomic E-state index is 0.181. The summed E-state index contributed by atoms with van der Waals surface area (Å²) < 4.78 is 0. The molecular formula is C8H14N2OS. The average molecular weight is 186 g/mol. The molecule has 68 valence electrons. The highest BCUT2D eigenvalue weighted by Crippen LogP contribution is 2.21. The van der Waals surface area contributed by atoms with Gasteiger partial charge in [0.1, 0.15) is 0 Å². The van der Waals surface area contributed by atoms with Gasteiger partial charge >= 0.3 is 0 Å². The van der Waals surface area contributed by atoms with Crippen LogP contribution in [0, 0.1) is 6.92 Å². The Morgan fingerprint density at radius 1 is 1.75 bits per heavy atom. The highest BCUT2D eigenvalue weighted by Gasteiger charge is 2.11. The lowest BCUT2D eigenvalue weighted by atomic mass is 10.1. The summed E-state index contributed by atoms with van der Waals surface area (Å²) in [6, 6.07) is 0. The van der Waals surface area contributed by atoms with Gasteiger partial charge in [-0.05, 0) is 13.3 Å². The predicted molar refractivity (Wildman–Crippen MR) is 50.3 cm³/mol. The van der Waals surface area contributed by atoms with E-state index in [1.807, 2.05) is 12.3 Å². The first kappa shape index (κ1) is 9.64. The van der Waals surface area contributed by atoms with Gasteiger partial charge in [-0.3, -0.25) is 0 Å². The van der Waals surface area contributed by atoms with Gasteiger partial charge in [0, 0.05) is 30.1 Å². The first-order chi connectivity index (χ1) is 5.77. The summed E-state index contributed by atoms with van der Waals surface area (Å²) in [7, 11) is 0. The normalized spacial score (nSPS) is 13.2. The van der Waals surface area contributed by atoms with Crippen molar-refractivity contribution < 1.29 is 5.11 Å². The van der Waals surface area contributed by atoms with E-state index in [0.29, 0.717) is 13.0 Å². The molecule has 0 fully saturated rings. The fourth-order valence-corrected chi connectivity index (χ4v) is 2.00. The van der Waals surface area contributed by atoms with Crippen molar-refractivity contribution in [3.63, 3.8) is 0 Å². The zero-order valence-electron chi connectivity index (χ0n) is 7.16. The molecule has 1 aromatic rings. The molecule has 1 heterocycles. The van der Waals surface area contributed by atoms with Crippen LogP contribution in [0.25, 0.3) is 0 Å². The maximum absolute atomic E-state index is 8.76.